The van der Waals surface area contributed by atoms with E-state index in [1.165, 1.54) is 17.7 Å². The Kier molecular flexibility index (Phi) is 4.22. The second kappa shape index (κ2) is 6.12. The minimum atomic E-state index is -0.302. The number of rotatable bonds is 4. The monoisotopic (exact) mass is 304 g/mol. The average Bonchev–Trinajstić information content (AvgIpc) is 2.89. The molecule has 1 aliphatic rings. The van der Waals surface area contributed by atoms with Gasteiger partial charge in [-0.25, -0.2) is 4.39 Å². The first kappa shape index (κ1) is 14.5. The lowest BCUT2D eigenvalue weighted by molar-refractivity contribution is 0.447. The molecule has 0 aliphatic heterocycles. The number of nitrogens with zero attached hydrogens (tertiary/aromatic N) is 1. The molecule has 1 aromatic carbocycles. The first-order chi connectivity index (χ1) is 10.2. The van der Waals surface area contributed by atoms with Gasteiger partial charge in [-0.05, 0) is 48.7 Å². The molecule has 21 heavy (non-hydrogen) atoms. The lowest BCUT2D eigenvalue weighted by Gasteiger charge is -2.26. The molecule has 0 spiro atoms. The lowest BCUT2D eigenvalue weighted by atomic mass is 9.90. The van der Waals surface area contributed by atoms with Crippen LogP contribution < -0.4 is 5.32 Å². The summed E-state index contributed by atoms with van der Waals surface area (Å²) in [7, 11) is 0. The highest BCUT2D eigenvalue weighted by Crippen LogP contribution is 2.42. The van der Waals surface area contributed by atoms with Gasteiger partial charge in [0.05, 0.1) is 0 Å². The molecule has 1 N–H and O–H groups in total. The SMILES string of the molecule is CCNC(c1ccc(F)cc1Cl)C1CCc2cccnc21. The Morgan fingerprint density at radius 3 is 3.05 bits per heavy atom. The standard InChI is InChI=1S/C17H18ClFN2/c1-2-20-17(13-8-6-12(19)10-15(13)18)14-7-5-11-4-3-9-21-16(11)14/h3-4,6,8-10,14,17,20H,2,5,7H2,1H3. The molecule has 2 aromatic rings. The summed E-state index contributed by atoms with van der Waals surface area (Å²) in [4.78, 5) is 4.56. The van der Waals surface area contributed by atoms with Crippen molar-refractivity contribution >= 4 is 11.6 Å². The highest BCUT2D eigenvalue weighted by atomic mass is 35.5. The van der Waals surface area contributed by atoms with Crippen molar-refractivity contribution in [2.24, 2.45) is 0 Å². The van der Waals surface area contributed by atoms with E-state index in [9.17, 15) is 4.39 Å². The highest BCUT2D eigenvalue weighted by Gasteiger charge is 2.32. The van der Waals surface area contributed by atoms with Crippen molar-refractivity contribution in [3.05, 3.63) is 64.2 Å². The van der Waals surface area contributed by atoms with Gasteiger partial charge < -0.3 is 5.32 Å². The van der Waals surface area contributed by atoms with Gasteiger partial charge in [0, 0.05) is 28.9 Å². The van der Waals surface area contributed by atoms with Crippen LogP contribution in [0.1, 0.15) is 42.1 Å². The van der Waals surface area contributed by atoms with E-state index in [1.807, 2.05) is 12.3 Å². The summed E-state index contributed by atoms with van der Waals surface area (Å²) in [6, 6.07) is 8.83. The van der Waals surface area contributed by atoms with Crippen molar-refractivity contribution in [1.29, 1.82) is 0 Å². The maximum atomic E-state index is 13.3. The number of likely N-dealkylation sites (N-methyl/N-ethyl adjacent to an activating group) is 1. The van der Waals surface area contributed by atoms with Gasteiger partial charge >= 0.3 is 0 Å². The maximum absolute atomic E-state index is 13.3. The lowest BCUT2D eigenvalue weighted by Crippen LogP contribution is -2.26. The molecule has 2 nitrogen and oxygen atoms in total. The van der Waals surface area contributed by atoms with Crippen LogP contribution in [0, 0.1) is 5.82 Å². The number of nitrogens with one attached hydrogen (secondary N) is 1. The van der Waals surface area contributed by atoms with Gasteiger partial charge in [-0.15, -0.1) is 0 Å². The van der Waals surface area contributed by atoms with Gasteiger partial charge in [-0.1, -0.05) is 30.7 Å². The summed E-state index contributed by atoms with van der Waals surface area (Å²) >= 11 is 6.27. The Morgan fingerprint density at radius 2 is 2.29 bits per heavy atom. The third kappa shape index (κ3) is 2.81. The largest absolute Gasteiger partial charge is 0.310 e. The van der Waals surface area contributed by atoms with Crippen LogP contribution >= 0.6 is 11.6 Å². The predicted molar refractivity (Wildman–Crippen MR) is 83.1 cm³/mol. The van der Waals surface area contributed by atoms with E-state index >= 15 is 0 Å². The molecule has 2 atom stereocenters. The van der Waals surface area contributed by atoms with Gasteiger partial charge in [0.15, 0.2) is 0 Å². The molecule has 3 rings (SSSR count). The summed E-state index contributed by atoms with van der Waals surface area (Å²) in [5.74, 6) is -0.0203. The molecule has 0 fully saturated rings. The Morgan fingerprint density at radius 1 is 1.43 bits per heavy atom. The first-order valence-electron chi connectivity index (χ1n) is 7.32. The normalized spacial score (nSPS) is 18.5. The van der Waals surface area contributed by atoms with E-state index < -0.39 is 0 Å². The predicted octanol–water partition coefficient (Wildman–Crippen LogP) is 4.25. The van der Waals surface area contributed by atoms with Gasteiger partial charge in [0.1, 0.15) is 5.82 Å². The zero-order chi connectivity index (χ0) is 14.8. The van der Waals surface area contributed by atoms with Crippen molar-refractivity contribution in [3.8, 4) is 0 Å². The second-order valence-corrected chi connectivity index (χ2v) is 5.80. The van der Waals surface area contributed by atoms with Crippen molar-refractivity contribution in [3.63, 3.8) is 0 Å². The van der Waals surface area contributed by atoms with Crippen LogP contribution in [0.3, 0.4) is 0 Å². The Balaban J connectivity index is 1.99. The molecule has 0 radical (unpaired) electrons. The molecule has 4 heteroatoms. The number of hydrogen-bond acceptors (Lipinski definition) is 2. The van der Waals surface area contributed by atoms with Crippen LogP contribution in [0.25, 0.3) is 0 Å². The fourth-order valence-corrected chi connectivity index (χ4v) is 3.50. The Bertz CT molecular complexity index is 644. The summed E-state index contributed by atoms with van der Waals surface area (Å²) in [5.41, 5.74) is 3.40. The number of halogens is 2. The molecule has 110 valence electrons. The van der Waals surface area contributed by atoms with Gasteiger partial charge in [0.25, 0.3) is 0 Å². The summed E-state index contributed by atoms with van der Waals surface area (Å²) in [5, 5.41) is 3.97. The highest BCUT2D eigenvalue weighted by molar-refractivity contribution is 6.31. The van der Waals surface area contributed by atoms with E-state index in [4.69, 9.17) is 11.6 Å². The van der Waals surface area contributed by atoms with Crippen LogP contribution in [-0.2, 0) is 6.42 Å². The van der Waals surface area contributed by atoms with Crippen LogP contribution in [0.2, 0.25) is 5.02 Å². The maximum Gasteiger partial charge on any atom is 0.124 e. The molecule has 0 amide bonds. The minimum Gasteiger partial charge on any atom is -0.310 e. The van der Waals surface area contributed by atoms with Gasteiger partial charge in [0.2, 0.25) is 0 Å². The third-order valence-electron chi connectivity index (χ3n) is 4.13. The van der Waals surface area contributed by atoms with Gasteiger partial charge in [-0.3, -0.25) is 4.98 Å². The molecule has 0 saturated heterocycles. The zero-order valence-electron chi connectivity index (χ0n) is 11.9. The van der Waals surface area contributed by atoms with E-state index in [0.717, 1.165) is 30.6 Å². The number of aryl methyl sites for hydroxylation is 1. The molecule has 0 bridgehead atoms. The quantitative estimate of drug-likeness (QED) is 0.913. The molecule has 2 unspecified atom stereocenters. The number of fused-ring (bicyclic) bond motifs is 1. The summed E-state index contributed by atoms with van der Waals surface area (Å²) in [6.07, 6.45) is 3.92. The minimum absolute atomic E-state index is 0.0687. The third-order valence-corrected chi connectivity index (χ3v) is 4.45. The number of aromatic nitrogens is 1. The van der Waals surface area contributed by atoms with E-state index in [0.29, 0.717) is 5.02 Å². The van der Waals surface area contributed by atoms with E-state index in [1.54, 1.807) is 6.07 Å². The smallest absolute Gasteiger partial charge is 0.124 e. The van der Waals surface area contributed by atoms with E-state index in [-0.39, 0.29) is 17.8 Å². The van der Waals surface area contributed by atoms with Crippen LogP contribution in [0.15, 0.2) is 36.5 Å². The Labute approximate surface area is 129 Å². The Hall–Kier alpha value is -1.45. The molecule has 0 saturated carbocycles. The number of benzene rings is 1. The van der Waals surface area contributed by atoms with E-state index in [2.05, 4.69) is 23.3 Å². The van der Waals surface area contributed by atoms with Gasteiger partial charge in [-0.2, -0.15) is 0 Å². The van der Waals surface area contributed by atoms with Crippen LogP contribution in [0.4, 0.5) is 4.39 Å². The fourth-order valence-electron chi connectivity index (χ4n) is 3.21. The van der Waals surface area contributed by atoms with Crippen molar-refractivity contribution in [2.45, 2.75) is 31.7 Å². The molecular weight excluding hydrogens is 287 g/mol. The molecule has 1 aliphatic carbocycles. The number of hydrogen-bond donors (Lipinski definition) is 1. The second-order valence-electron chi connectivity index (χ2n) is 5.39. The van der Waals surface area contributed by atoms with Crippen molar-refractivity contribution in [2.75, 3.05) is 6.54 Å². The molecule has 1 aromatic heterocycles. The van der Waals surface area contributed by atoms with Crippen molar-refractivity contribution in [1.82, 2.24) is 10.3 Å². The fraction of sp³-hybridized carbons (Fsp3) is 0.353. The zero-order valence-corrected chi connectivity index (χ0v) is 12.7. The molecule has 1 heterocycles. The van der Waals surface area contributed by atoms with Crippen molar-refractivity contribution < 1.29 is 4.39 Å². The summed E-state index contributed by atoms with van der Waals surface area (Å²) in [6.45, 7) is 2.90. The van der Waals surface area contributed by atoms with Crippen LogP contribution in [-0.4, -0.2) is 11.5 Å². The average molecular weight is 305 g/mol. The number of pyridine rings is 1. The summed E-state index contributed by atoms with van der Waals surface area (Å²) < 4.78 is 13.3. The molecular formula is C17H18ClFN2. The topological polar surface area (TPSA) is 24.9 Å². The van der Waals surface area contributed by atoms with Crippen LogP contribution in [0.5, 0.6) is 0 Å². The first-order valence-corrected chi connectivity index (χ1v) is 7.70.